The van der Waals surface area contributed by atoms with E-state index in [1.54, 1.807) is 6.33 Å². The molecule has 0 aliphatic carbocycles. The standard InChI is InChI=1S/C14H23N5/c1-4-7-12-13(16-9-5-2)17-11-18-14(12)19(3)10-6-8-15/h11H,4-7,9-10H2,1-3H3,(H,16,17,18). The van der Waals surface area contributed by atoms with Crippen molar-refractivity contribution in [2.24, 2.45) is 0 Å². The van der Waals surface area contributed by atoms with Crippen LogP contribution in [0.4, 0.5) is 11.6 Å². The molecule has 1 heterocycles. The largest absolute Gasteiger partial charge is 0.370 e. The minimum absolute atomic E-state index is 0.504. The summed E-state index contributed by atoms with van der Waals surface area (Å²) < 4.78 is 0. The molecule has 5 nitrogen and oxygen atoms in total. The van der Waals surface area contributed by atoms with E-state index < -0.39 is 0 Å². The Kier molecular flexibility index (Phi) is 6.65. The van der Waals surface area contributed by atoms with Gasteiger partial charge in [0, 0.05) is 25.7 Å². The van der Waals surface area contributed by atoms with Crippen molar-refractivity contribution in [3.63, 3.8) is 0 Å². The maximum absolute atomic E-state index is 8.68. The normalized spacial score (nSPS) is 10.0. The van der Waals surface area contributed by atoms with E-state index in [9.17, 15) is 0 Å². The van der Waals surface area contributed by atoms with Crippen LogP contribution < -0.4 is 10.2 Å². The van der Waals surface area contributed by atoms with Crippen LogP contribution in [0, 0.1) is 11.3 Å². The van der Waals surface area contributed by atoms with Gasteiger partial charge >= 0.3 is 0 Å². The van der Waals surface area contributed by atoms with Crippen molar-refractivity contribution in [1.82, 2.24) is 9.97 Å². The van der Waals surface area contributed by atoms with Crippen molar-refractivity contribution >= 4 is 11.6 Å². The summed E-state index contributed by atoms with van der Waals surface area (Å²) in [5.74, 6) is 1.86. The third-order valence-electron chi connectivity index (χ3n) is 2.89. The van der Waals surface area contributed by atoms with Crippen molar-refractivity contribution in [2.45, 2.75) is 39.5 Å². The quantitative estimate of drug-likeness (QED) is 0.779. The summed E-state index contributed by atoms with van der Waals surface area (Å²) in [5.41, 5.74) is 1.15. The van der Waals surface area contributed by atoms with Gasteiger partial charge in [0.05, 0.1) is 12.5 Å². The van der Waals surface area contributed by atoms with Crippen LogP contribution in [0.3, 0.4) is 0 Å². The fraction of sp³-hybridized carbons (Fsp3) is 0.643. The molecule has 1 aromatic rings. The average Bonchev–Trinajstić information content (AvgIpc) is 2.43. The van der Waals surface area contributed by atoms with Crippen molar-refractivity contribution in [2.75, 3.05) is 30.4 Å². The van der Waals surface area contributed by atoms with Gasteiger partial charge in [-0.25, -0.2) is 9.97 Å². The molecule has 104 valence electrons. The Morgan fingerprint density at radius 2 is 2.11 bits per heavy atom. The Bertz CT molecular complexity index is 424. The van der Waals surface area contributed by atoms with Gasteiger partial charge in [-0.05, 0) is 12.8 Å². The highest BCUT2D eigenvalue weighted by atomic mass is 15.2. The topological polar surface area (TPSA) is 64.8 Å². The summed E-state index contributed by atoms with van der Waals surface area (Å²) in [6.45, 7) is 5.88. The Morgan fingerprint density at radius 3 is 2.74 bits per heavy atom. The predicted octanol–water partition coefficient (Wildman–Crippen LogP) is 2.60. The zero-order chi connectivity index (χ0) is 14.1. The Balaban J connectivity index is 2.98. The molecule has 0 unspecified atom stereocenters. The van der Waals surface area contributed by atoms with E-state index in [0.717, 1.165) is 43.0 Å². The molecule has 0 atom stereocenters. The molecular weight excluding hydrogens is 238 g/mol. The second-order valence-electron chi connectivity index (χ2n) is 4.53. The Labute approximate surface area is 115 Å². The molecule has 0 radical (unpaired) electrons. The molecular formula is C14H23N5. The van der Waals surface area contributed by atoms with E-state index in [0.29, 0.717) is 13.0 Å². The number of hydrogen-bond acceptors (Lipinski definition) is 5. The first-order valence-electron chi connectivity index (χ1n) is 6.90. The molecule has 0 saturated heterocycles. The minimum atomic E-state index is 0.504. The molecule has 5 heteroatoms. The van der Waals surface area contributed by atoms with Crippen LogP contribution in [0.15, 0.2) is 6.33 Å². The molecule has 1 rings (SSSR count). The van der Waals surface area contributed by atoms with Crippen LogP contribution in [0.5, 0.6) is 0 Å². The first-order chi connectivity index (χ1) is 9.24. The molecule has 0 saturated carbocycles. The van der Waals surface area contributed by atoms with Crippen LogP contribution in [-0.4, -0.2) is 30.1 Å². The molecule has 19 heavy (non-hydrogen) atoms. The average molecular weight is 261 g/mol. The van der Waals surface area contributed by atoms with Crippen LogP contribution >= 0.6 is 0 Å². The van der Waals surface area contributed by atoms with E-state index in [4.69, 9.17) is 5.26 Å². The predicted molar refractivity (Wildman–Crippen MR) is 78.3 cm³/mol. The van der Waals surface area contributed by atoms with Gasteiger partial charge in [0.1, 0.15) is 18.0 Å². The fourth-order valence-electron chi connectivity index (χ4n) is 1.93. The maximum Gasteiger partial charge on any atom is 0.137 e. The van der Waals surface area contributed by atoms with E-state index in [1.165, 1.54) is 0 Å². The fourth-order valence-corrected chi connectivity index (χ4v) is 1.93. The molecule has 0 fully saturated rings. The third kappa shape index (κ3) is 4.40. The van der Waals surface area contributed by atoms with Crippen LogP contribution in [-0.2, 0) is 6.42 Å². The molecule has 1 N–H and O–H groups in total. The molecule has 0 amide bonds. The lowest BCUT2D eigenvalue weighted by Crippen LogP contribution is -2.22. The highest BCUT2D eigenvalue weighted by Crippen LogP contribution is 2.24. The zero-order valence-electron chi connectivity index (χ0n) is 12.1. The summed E-state index contributed by atoms with van der Waals surface area (Å²) in [4.78, 5) is 10.8. The summed E-state index contributed by atoms with van der Waals surface area (Å²) in [7, 11) is 1.97. The summed E-state index contributed by atoms with van der Waals surface area (Å²) in [5, 5.41) is 12.0. The third-order valence-corrected chi connectivity index (χ3v) is 2.89. The van der Waals surface area contributed by atoms with Crippen LogP contribution in [0.25, 0.3) is 0 Å². The van der Waals surface area contributed by atoms with Crippen LogP contribution in [0.2, 0.25) is 0 Å². The van der Waals surface area contributed by atoms with Gasteiger partial charge in [-0.15, -0.1) is 0 Å². The zero-order valence-corrected chi connectivity index (χ0v) is 12.1. The highest BCUT2D eigenvalue weighted by Gasteiger charge is 2.13. The molecule has 0 spiro atoms. The summed E-state index contributed by atoms with van der Waals surface area (Å²) >= 11 is 0. The number of nitriles is 1. The number of nitrogens with one attached hydrogen (secondary N) is 1. The molecule has 0 bridgehead atoms. The number of hydrogen-bond donors (Lipinski definition) is 1. The Hall–Kier alpha value is -1.83. The number of aromatic nitrogens is 2. The van der Waals surface area contributed by atoms with Gasteiger partial charge in [-0.1, -0.05) is 20.3 Å². The van der Waals surface area contributed by atoms with Gasteiger partial charge in [-0.2, -0.15) is 5.26 Å². The van der Waals surface area contributed by atoms with E-state index in [-0.39, 0.29) is 0 Å². The van der Waals surface area contributed by atoms with E-state index in [1.807, 2.05) is 11.9 Å². The molecule has 0 aliphatic rings. The molecule has 1 aromatic heterocycles. The lowest BCUT2D eigenvalue weighted by Gasteiger charge is -2.21. The molecule has 0 aliphatic heterocycles. The van der Waals surface area contributed by atoms with Crippen molar-refractivity contribution in [3.05, 3.63) is 11.9 Å². The number of anilines is 2. The smallest absolute Gasteiger partial charge is 0.137 e. The second kappa shape index (κ2) is 8.30. The lowest BCUT2D eigenvalue weighted by atomic mass is 10.1. The SMILES string of the molecule is CCCNc1ncnc(N(C)CCC#N)c1CCC. The monoisotopic (exact) mass is 261 g/mol. The first kappa shape index (κ1) is 15.2. The number of nitrogens with zero attached hydrogens (tertiary/aromatic N) is 4. The van der Waals surface area contributed by atoms with Gasteiger partial charge in [-0.3, -0.25) is 0 Å². The maximum atomic E-state index is 8.68. The minimum Gasteiger partial charge on any atom is -0.370 e. The van der Waals surface area contributed by atoms with E-state index >= 15 is 0 Å². The van der Waals surface area contributed by atoms with Gasteiger partial charge in [0.15, 0.2) is 0 Å². The van der Waals surface area contributed by atoms with Crippen molar-refractivity contribution in [1.29, 1.82) is 5.26 Å². The Morgan fingerprint density at radius 1 is 1.32 bits per heavy atom. The molecule has 0 aromatic carbocycles. The summed E-state index contributed by atoms with van der Waals surface area (Å²) in [6.07, 6.45) is 5.15. The second-order valence-corrected chi connectivity index (χ2v) is 4.53. The van der Waals surface area contributed by atoms with Crippen LogP contribution in [0.1, 0.15) is 38.7 Å². The van der Waals surface area contributed by atoms with Gasteiger partial charge in [0.25, 0.3) is 0 Å². The number of rotatable bonds is 8. The van der Waals surface area contributed by atoms with E-state index in [2.05, 4.69) is 35.2 Å². The first-order valence-corrected chi connectivity index (χ1v) is 6.90. The summed E-state index contributed by atoms with van der Waals surface area (Å²) in [6, 6.07) is 2.17. The van der Waals surface area contributed by atoms with Crippen molar-refractivity contribution < 1.29 is 0 Å². The van der Waals surface area contributed by atoms with Crippen molar-refractivity contribution in [3.8, 4) is 6.07 Å². The highest BCUT2D eigenvalue weighted by molar-refractivity contribution is 5.58. The lowest BCUT2D eigenvalue weighted by molar-refractivity contribution is 0.836. The van der Waals surface area contributed by atoms with Gasteiger partial charge in [0.2, 0.25) is 0 Å². The van der Waals surface area contributed by atoms with Gasteiger partial charge < -0.3 is 10.2 Å².